The summed E-state index contributed by atoms with van der Waals surface area (Å²) in [6.45, 7) is 2.40. The first kappa shape index (κ1) is 14.5. The van der Waals surface area contributed by atoms with E-state index in [0.717, 1.165) is 5.75 Å². The Morgan fingerprint density at radius 1 is 1.00 bits per heavy atom. The first-order valence-corrected chi connectivity index (χ1v) is 9.24. The van der Waals surface area contributed by atoms with Crippen molar-refractivity contribution in [3.8, 4) is 5.75 Å². The quantitative estimate of drug-likeness (QED) is 0.884. The predicted octanol–water partition coefficient (Wildman–Crippen LogP) is 4.43. The molecule has 0 aromatic heterocycles. The van der Waals surface area contributed by atoms with Gasteiger partial charge in [-0.3, -0.25) is 0 Å². The number of methoxy groups -OCH3 is 1. The van der Waals surface area contributed by atoms with Crippen LogP contribution in [0.5, 0.6) is 5.75 Å². The maximum absolute atomic E-state index is 5.34. The third-order valence-corrected chi connectivity index (χ3v) is 6.93. The molecule has 1 spiro atoms. The van der Waals surface area contributed by atoms with Crippen molar-refractivity contribution in [2.75, 3.05) is 20.2 Å². The van der Waals surface area contributed by atoms with Gasteiger partial charge in [0.2, 0.25) is 0 Å². The maximum atomic E-state index is 5.34. The van der Waals surface area contributed by atoms with E-state index in [2.05, 4.69) is 53.8 Å². The Morgan fingerprint density at radius 3 is 2.50 bits per heavy atom. The van der Waals surface area contributed by atoms with E-state index in [0.29, 0.717) is 23.2 Å². The molecule has 1 saturated heterocycles. The van der Waals surface area contributed by atoms with Gasteiger partial charge in [-0.25, -0.2) is 0 Å². The number of nitrogens with one attached hydrogen (secondary N) is 1. The normalized spacial score (nSPS) is 33.6. The molecule has 2 unspecified atom stereocenters. The first-order valence-electron chi connectivity index (χ1n) is 9.24. The largest absolute Gasteiger partial charge is 0.497 e. The summed E-state index contributed by atoms with van der Waals surface area (Å²) in [4.78, 5) is 0. The Bertz CT molecular complexity index is 745. The molecule has 0 radical (unpaired) electrons. The van der Waals surface area contributed by atoms with Gasteiger partial charge in [-0.05, 0) is 77.8 Å². The van der Waals surface area contributed by atoms with E-state index in [1.54, 1.807) is 18.2 Å². The lowest BCUT2D eigenvalue weighted by molar-refractivity contribution is 0.117. The summed E-state index contributed by atoms with van der Waals surface area (Å²) in [7, 11) is 1.74. The van der Waals surface area contributed by atoms with Crippen LogP contribution in [0.1, 0.15) is 53.7 Å². The molecule has 1 saturated carbocycles. The highest BCUT2D eigenvalue weighted by Gasteiger charge is 2.54. The predicted molar refractivity (Wildman–Crippen MR) is 96.8 cm³/mol. The van der Waals surface area contributed by atoms with Crippen LogP contribution in [-0.2, 0) is 0 Å². The third-order valence-electron chi connectivity index (χ3n) is 6.93. The number of hydrogen-bond donors (Lipinski definition) is 1. The lowest BCUT2D eigenvalue weighted by atomic mass is 9.49. The highest BCUT2D eigenvalue weighted by Crippen LogP contribution is 2.65. The van der Waals surface area contributed by atoms with Crippen molar-refractivity contribution in [2.24, 2.45) is 5.41 Å². The van der Waals surface area contributed by atoms with Gasteiger partial charge in [0.25, 0.3) is 0 Å². The molecule has 6 rings (SSSR count). The Balaban J connectivity index is 1.57. The van der Waals surface area contributed by atoms with Crippen molar-refractivity contribution in [1.29, 1.82) is 0 Å². The fourth-order valence-electron chi connectivity index (χ4n) is 5.79. The number of ether oxygens (including phenoxy) is 1. The SMILES string of the molecule is COc1ccc([C@@H]2CC3c4ccccc4C2C[C@@]32CCNC2)cc1. The van der Waals surface area contributed by atoms with Gasteiger partial charge in [0.15, 0.2) is 0 Å². The van der Waals surface area contributed by atoms with Crippen LogP contribution in [-0.4, -0.2) is 20.2 Å². The lowest BCUT2D eigenvalue weighted by Gasteiger charge is -2.54. The Labute approximate surface area is 144 Å². The van der Waals surface area contributed by atoms with Gasteiger partial charge in [0, 0.05) is 6.54 Å². The number of fused-ring (bicyclic) bond motifs is 1. The average molecular weight is 319 g/mol. The van der Waals surface area contributed by atoms with Gasteiger partial charge in [0.1, 0.15) is 5.75 Å². The molecule has 2 nitrogen and oxygen atoms in total. The van der Waals surface area contributed by atoms with E-state index in [-0.39, 0.29) is 0 Å². The van der Waals surface area contributed by atoms with Crippen LogP contribution < -0.4 is 10.1 Å². The third kappa shape index (κ3) is 1.99. The van der Waals surface area contributed by atoms with E-state index < -0.39 is 0 Å². The van der Waals surface area contributed by atoms with Crippen LogP contribution in [0.2, 0.25) is 0 Å². The highest BCUT2D eigenvalue weighted by molar-refractivity contribution is 5.46. The van der Waals surface area contributed by atoms with Gasteiger partial charge < -0.3 is 10.1 Å². The Kier molecular flexibility index (Phi) is 3.24. The molecule has 2 aromatic carbocycles. The summed E-state index contributed by atoms with van der Waals surface area (Å²) in [6, 6.07) is 18.1. The van der Waals surface area contributed by atoms with Gasteiger partial charge >= 0.3 is 0 Å². The molecule has 2 aromatic rings. The molecule has 2 bridgehead atoms. The molecular weight excluding hydrogens is 294 g/mol. The van der Waals surface area contributed by atoms with Crippen LogP contribution in [0.4, 0.5) is 0 Å². The van der Waals surface area contributed by atoms with Crippen LogP contribution in [0.15, 0.2) is 48.5 Å². The van der Waals surface area contributed by atoms with E-state index in [4.69, 9.17) is 4.74 Å². The number of hydrogen-bond acceptors (Lipinski definition) is 2. The van der Waals surface area contributed by atoms with Gasteiger partial charge in [0.05, 0.1) is 7.11 Å². The lowest BCUT2D eigenvalue weighted by Crippen LogP contribution is -2.44. The standard InChI is InChI=1S/C22H25NO/c1-24-16-8-6-15(7-9-16)19-12-21-18-5-3-2-4-17(18)20(19)13-22(21)10-11-23-14-22/h2-9,19-21,23H,10-14H2,1H3/t19-,20?,21?,22+/m0/s1. The zero-order valence-electron chi connectivity index (χ0n) is 14.3. The summed E-state index contributed by atoms with van der Waals surface area (Å²) >= 11 is 0. The van der Waals surface area contributed by atoms with Crippen molar-refractivity contribution in [3.63, 3.8) is 0 Å². The molecule has 124 valence electrons. The second-order valence-corrected chi connectivity index (χ2v) is 7.90. The molecule has 24 heavy (non-hydrogen) atoms. The van der Waals surface area contributed by atoms with E-state index in [1.165, 1.54) is 37.9 Å². The summed E-state index contributed by atoms with van der Waals surface area (Å²) < 4.78 is 5.34. The van der Waals surface area contributed by atoms with Crippen molar-refractivity contribution < 1.29 is 4.74 Å². The minimum absolute atomic E-state index is 0.502. The summed E-state index contributed by atoms with van der Waals surface area (Å²) in [5, 5.41) is 3.65. The molecule has 2 fully saturated rings. The fraction of sp³-hybridized carbons (Fsp3) is 0.455. The smallest absolute Gasteiger partial charge is 0.118 e. The molecule has 2 heteroatoms. The van der Waals surface area contributed by atoms with Crippen molar-refractivity contribution in [2.45, 2.75) is 37.0 Å². The molecule has 1 heterocycles. The fourth-order valence-corrected chi connectivity index (χ4v) is 5.79. The second kappa shape index (κ2) is 5.35. The topological polar surface area (TPSA) is 21.3 Å². The minimum Gasteiger partial charge on any atom is -0.497 e. The molecule has 3 aliphatic carbocycles. The summed E-state index contributed by atoms with van der Waals surface area (Å²) in [6.07, 6.45) is 3.99. The van der Waals surface area contributed by atoms with Gasteiger partial charge in [-0.2, -0.15) is 0 Å². The van der Waals surface area contributed by atoms with Crippen LogP contribution in [0.3, 0.4) is 0 Å². The van der Waals surface area contributed by atoms with Crippen LogP contribution >= 0.6 is 0 Å². The molecule has 4 aliphatic rings. The number of benzene rings is 2. The summed E-state index contributed by atoms with van der Waals surface area (Å²) in [5.41, 5.74) is 5.25. The van der Waals surface area contributed by atoms with E-state index in [1.807, 2.05) is 0 Å². The van der Waals surface area contributed by atoms with E-state index >= 15 is 0 Å². The van der Waals surface area contributed by atoms with Gasteiger partial charge in [-0.15, -0.1) is 0 Å². The van der Waals surface area contributed by atoms with Crippen molar-refractivity contribution in [1.82, 2.24) is 5.32 Å². The molecular formula is C22H25NO. The molecule has 1 aliphatic heterocycles. The minimum atomic E-state index is 0.502. The average Bonchev–Trinajstić information content (AvgIpc) is 3.10. The number of rotatable bonds is 2. The van der Waals surface area contributed by atoms with E-state index in [9.17, 15) is 0 Å². The zero-order valence-corrected chi connectivity index (χ0v) is 14.3. The zero-order chi connectivity index (χ0) is 16.1. The molecule has 1 N–H and O–H groups in total. The van der Waals surface area contributed by atoms with Crippen LogP contribution in [0.25, 0.3) is 0 Å². The van der Waals surface area contributed by atoms with Gasteiger partial charge in [-0.1, -0.05) is 36.4 Å². The van der Waals surface area contributed by atoms with Crippen molar-refractivity contribution in [3.05, 3.63) is 65.2 Å². The second-order valence-electron chi connectivity index (χ2n) is 7.90. The summed E-state index contributed by atoms with van der Waals surface area (Å²) in [5.74, 6) is 2.99. The first-order chi connectivity index (χ1) is 11.8. The monoisotopic (exact) mass is 319 g/mol. The Morgan fingerprint density at radius 2 is 1.79 bits per heavy atom. The highest BCUT2D eigenvalue weighted by atomic mass is 16.5. The van der Waals surface area contributed by atoms with Crippen molar-refractivity contribution >= 4 is 0 Å². The maximum Gasteiger partial charge on any atom is 0.118 e. The molecule has 0 amide bonds. The Hall–Kier alpha value is -1.80. The molecule has 4 atom stereocenters. The van der Waals surface area contributed by atoms with Crippen LogP contribution in [0, 0.1) is 5.41 Å².